The van der Waals surface area contributed by atoms with Gasteiger partial charge in [-0.05, 0) is 29.8 Å². The quantitative estimate of drug-likeness (QED) is 0.737. The molecular weight excluding hydrogens is 362 g/mol. The number of carbonyl (C=O) groups excluding carboxylic acids is 3. The number of methoxy groups -OCH3 is 2. The molecule has 1 aliphatic rings. The Morgan fingerprint density at radius 1 is 1.04 bits per heavy atom. The minimum absolute atomic E-state index is 0.0776. The number of benzene rings is 2. The Hall–Kier alpha value is -3.55. The van der Waals surface area contributed by atoms with Crippen LogP contribution in [0.25, 0.3) is 0 Å². The van der Waals surface area contributed by atoms with Gasteiger partial charge in [-0.3, -0.25) is 19.4 Å². The number of urea groups is 1. The number of nitrogens with one attached hydrogen (secondary N) is 1. The van der Waals surface area contributed by atoms with Crippen LogP contribution >= 0.6 is 0 Å². The number of anilines is 1. The second-order valence-corrected chi connectivity index (χ2v) is 6.15. The van der Waals surface area contributed by atoms with E-state index >= 15 is 0 Å². The van der Waals surface area contributed by atoms with Crippen LogP contribution in [-0.2, 0) is 16.1 Å². The first-order chi connectivity index (χ1) is 13.5. The Kier molecular flexibility index (Phi) is 5.78. The molecule has 0 saturated carbocycles. The lowest BCUT2D eigenvalue weighted by molar-refractivity contribution is -0.130. The lowest BCUT2D eigenvalue weighted by Crippen LogP contribution is -2.41. The van der Waals surface area contributed by atoms with Gasteiger partial charge in [-0.1, -0.05) is 24.3 Å². The van der Waals surface area contributed by atoms with E-state index in [0.717, 1.165) is 10.5 Å². The smallest absolute Gasteiger partial charge is 0.332 e. The Bertz CT molecular complexity index is 885. The molecule has 0 radical (unpaired) electrons. The second kappa shape index (κ2) is 8.43. The van der Waals surface area contributed by atoms with Gasteiger partial charge >= 0.3 is 6.03 Å². The Labute approximate surface area is 162 Å². The fourth-order valence-corrected chi connectivity index (χ4v) is 2.90. The summed E-state index contributed by atoms with van der Waals surface area (Å²) in [6.07, 6.45) is 0. The van der Waals surface area contributed by atoms with Crippen molar-refractivity contribution in [2.45, 2.75) is 6.54 Å². The molecule has 3 rings (SSSR count). The summed E-state index contributed by atoms with van der Waals surface area (Å²) in [5, 5.41) is 2.71. The number of para-hydroxylation sites is 1. The summed E-state index contributed by atoms with van der Waals surface area (Å²) >= 11 is 0. The molecule has 8 nitrogen and oxygen atoms in total. The van der Waals surface area contributed by atoms with Crippen LogP contribution in [0.1, 0.15) is 5.56 Å². The van der Waals surface area contributed by atoms with E-state index in [4.69, 9.17) is 9.47 Å². The largest absolute Gasteiger partial charge is 0.493 e. The summed E-state index contributed by atoms with van der Waals surface area (Å²) < 4.78 is 10.4. The zero-order chi connectivity index (χ0) is 20.1. The highest BCUT2D eigenvalue weighted by molar-refractivity contribution is 6.13. The normalized spacial score (nSPS) is 13.6. The van der Waals surface area contributed by atoms with Crippen molar-refractivity contribution in [2.24, 2.45) is 0 Å². The topological polar surface area (TPSA) is 88.2 Å². The van der Waals surface area contributed by atoms with Crippen molar-refractivity contribution >= 4 is 23.5 Å². The van der Waals surface area contributed by atoms with E-state index in [2.05, 4.69) is 5.32 Å². The van der Waals surface area contributed by atoms with Crippen LogP contribution < -0.4 is 19.7 Å². The van der Waals surface area contributed by atoms with Gasteiger partial charge < -0.3 is 14.8 Å². The van der Waals surface area contributed by atoms with Crippen molar-refractivity contribution in [3.8, 4) is 11.5 Å². The van der Waals surface area contributed by atoms with E-state index in [-0.39, 0.29) is 19.6 Å². The Morgan fingerprint density at radius 3 is 2.43 bits per heavy atom. The molecule has 0 spiro atoms. The molecule has 1 fully saturated rings. The number of hydrogen-bond acceptors (Lipinski definition) is 5. The molecule has 1 heterocycles. The Morgan fingerprint density at radius 2 is 1.75 bits per heavy atom. The number of rotatable bonds is 7. The van der Waals surface area contributed by atoms with E-state index in [1.165, 1.54) is 12.0 Å². The SMILES string of the molecule is COc1ccc(CNC(=O)CN2C(=O)CN(c3ccccc3)C2=O)cc1OC. The summed E-state index contributed by atoms with van der Waals surface area (Å²) in [4.78, 5) is 39.2. The van der Waals surface area contributed by atoms with Crippen LogP contribution in [0.2, 0.25) is 0 Å². The minimum atomic E-state index is -0.502. The van der Waals surface area contributed by atoms with E-state index < -0.39 is 17.8 Å². The third-order valence-electron chi connectivity index (χ3n) is 4.36. The van der Waals surface area contributed by atoms with Crippen molar-refractivity contribution in [3.05, 3.63) is 54.1 Å². The molecule has 0 bridgehead atoms. The first-order valence-corrected chi connectivity index (χ1v) is 8.68. The van der Waals surface area contributed by atoms with Crippen LogP contribution in [-0.4, -0.2) is 50.1 Å². The molecule has 4 amide bonds. The number of carbonyl (C=O) groups is 3. The predicted octanol–water partition coefficient (Wildman–Crippen LogP) is 1.79. The van der Waals surface area contributed by atoms with Gasteiger partial charge in [-0.25, -0.2) is 4.79 Å². The average Bonchev–Trinajstić information content (AvgIpc) is 3.00. The monoisotopic (exact) mass is 383 g/mol. The van der Waals surface area contributed by atoms with Gasteiger partial charge in [0.25, 0.3) is 5.91 Å². The molecule has 2 aromatic carbocycles. The van der Waals surface area contributed by atoms with Gasteiger partial charge in [-0.2, -0.15) is 0 Å². The molecule has 1 N–H and O–H groups in total. The van der Waals surface area contributed by atoms with Crippen LogP contribution in [0.5, 0.6) is 11.5 Å². The predicted molar refractivity (Wildman–Crippen MR) is 102 cm³/mol. The van der Waals surface area contributed by atoms with Crippen LogP contribution in [0.15, 0.2) is 48.5 Å². The first-order valence-electron chi connectivity index (χ1n) is 8.68. The maximum Gasteiger partial charge on any atom is 0.332 e. The molecule has 1 aliphatic heterocycles. The van der Waals surface area contributed by atoms with Crippen molar-refractivity contribution in [2.75, 3.05) is 32.2 Å². The highest BCUT2D eigenvalue weighted by Gasteiger charge is 2.37. The van der Waals surface area contributed by atoms with Gasteiger partial charge in [0.05, 0.1) is 14.2 Å². The maximum atomic E-state index is 12.5. The first kappa shape index (κ1) is 19.2. The van der Waals surface area contributed by atoms with Crippen molar-refractivity contribution in [1.29, 1.82) is 0 Å². The molecule has 0 aliphatic carbocycles. The summed E-state index contributed by atoms with van der Waals surface area (Å²) in [6.45, 7) is -0.169. The third-order valence-corrected chi connectivity index (χ3v) is 4.36. The lowest BCUT2D eigenvalue weighted by Gasteiger charge is -2.17. The van der Waals surface area contributed by atoms with Crippen molar-refractivity contribution < 1.29 is 23.9 Å². The molecule has 0 unspecified atom stereocenters. The van der Waals surface area contributed by atoms with E-state index in [0.29, 0.717) is 17.2 Å². The van der Waals surface area contributed by atoms with Gasteiger partial charge in [0, 0.05) is 12.2 Å². The van der Waals surface area contributed by atoms with E-state index in [1.54, 1.807) is 49.6 Å². The maximum absolute atomic E-state index is 12.5. The summed E-state index contributed by atoms with van der Waals surface area (Å²) in [5.74, 6) is 0.311. The average molecular weight is 383 g/mol. The Balaban J connectivity index is 1.59. The molecular formula is C20H21N3O5. The molecule has 0 atom stereocenters. The highest BCUT2D eigenvalue weighted by Crippen LogP contribution is 2.27. The third kappa shape index (κ3) is 4.06. The van der Waals surface area contributed by atoms with Gasteiger partial charge in [0.15, 0.2) is 11.5 Å². The molecule has 8 heteroatoms. The van der Waals surface area contributed by atoms with Crippen LogP contribution in [0.3, 0.4) is 0 Å². The number of ether oxygens (including phenoxy) is 2. The van der Waals surface area contributed by atoms with Gasteiger partial charge in [-0.15, -0.1) is 0 Å². The summed E-state index contributed by atoms with van der Waals surface area (Å²) in [6, 6.07) is 13.7. The lowest BCUT2D eigenvalue weighted by atomic mass is 10.2. The zero-order valence-corrected chi connectivity index (χ0v) is 15.7. The fraction of sp³-hybridized carbons (Fsp3) is 0.250. The minimum Gasteiger partial charge on any atom is -0.493 e. The number of nitrogens with zero attached hydrogens (tertiary/aromatic N) is 2. The second-order valence-electron chi connectivity index (χ2n) is 6.15. The summed E-state index contributed by atoms with van der Waals surface area (Å²) in [5.41, 5.74) is 1.42. The van der Waals surface area contributed by atoms with E-state index in [1.807, 2.05) is 6.07 Å². The van der Waals surface area contributed by atoms with Crippen LogP contribution in [0.4, 0.5) is 10.5 Å². The highest BCUT2D eigenvalue weighted by atomic mass is 16.5. The molecule has 0 aromatic heterocycles. The van der Waals surface area contributed by atoms with E-state index in [9.17, 15) is 14.4 Å². The number of amides is 4. The number of imide groups is 1. The standard InChI is InChI=1S/C20H21N3O5/c1-27-16-9-8-14(10-17(16)28-2)11-21-18(24)12-23-19(25)13-22(20(23)26)15-6-4-3-5-7-15/h3-10H,11-13H2,1-2H3,(H,21,24). The van der Waals surface area contributed by atoms with Crippen LogP contribution in [0, 0.1) is 0 Å². The zero-order valence-electron chi connectivity index (χ0n) is 15.7. The van der Waals surface area contributed by atoms with Crippen molar-refractivity contribution in [1.82, 2.24) is 10.2 Å². The number of hydrogen-bond donors (Lipinski definition) is 1. The molecule has 146 valence electrons. The summed E-state index contributed by atoms with van der Waals surface area (Å²) in [7, 11) is 3.07. The molecule has 2 aromatic rings. The molecule has 28 heavy (non-hydrogen) atoms. The van der Waals surface area contributed by atoms with Gasteiger partial charge in [0.2, 0.25) is 5.91 Å². The molecule has 1 saturated heterocycles. The van der Waals surface area contributed by atoms with Crippen molar-refractivity contribution in [3.63, 3.8) is 0 Å². The fourth-order valence-electron chi connectivity index (χ4n) is 2.90. The van der Waals surface area contributed by atoms with Gasteiger partial charge in [0.1, 0.15) is 13.1 Å².